The number of hydrogen-bond acceptors (Lipinski definition) is 4. The maximum absolute atomic E-state index is 11.2. The Morgan fingerprint density at radius 1 is 1.27 bits per heavy atom. The smallest absolute Gasteiger partial charge is 0.321 e. The predicted molar refractivity (Wildman–Crippen MR) is 110 cm³/mol. The first-order chi connectivity index (χ1) is 12.3. The Bertz CT molecular complexity index is 852. The molecule has 1 heterocycles. The molecular weight excluding hydrogens is 485 g/mol. The van der Waals surface area contributed by atoms with E-state index in [0.717, 1.165) is 11.1 Å². The van der Waals surface area contributed by atoms with Crippen LogP contribution in [0.2, 0.25) is 15.1 Å². The van der Waals surface area contributed by atoms with Crippen LogP contribution < -0.4 is 10.1 Å². The van der Waals surface area contributed by atoms with E-state index in [9.17, 15) is 9.90 Å². The average molecular weight is 498 g/mol. The largest absolute Gasteiger partial charge is 0.487 e. The lowest BCUT2D eigenvalue weighted by Crippen LogP contribution is -2.33. The lowest BCUT2D eigenvalue weighted by molar-refractivity contribution is -0.138. The molecule has 0 aliphatic carbocycles. The normalized spacial score (nSPS) is 19.5. The Hall–Kier alpha value is -0.630. The molecule has 0 aromatic heterocycles. The van der Waals surface area contributed by atoms with Crippen molar-refractivity contribution in [2.45, 2.75) is 18.0 Å². The highest BCUT2D eigenvalue weighted by molar-refractivity contribution is 9.10. The zero-order valence-corrected chi connectivity index (χ0v) is 17.8. The highest BCUT2D eigenvalue weighted by atomic mass is 79.9. The Balaban J connectivity index is 1.84. The summed E-state index contributed by atoms with van der Waals surface area (Å²) >= 11 is 23.1. The number of thioether (sulfide) groups is 1. The maximum atomic E-state index is 11.2. The van der Waals surface area contributed by atoms with E-state index in [1.54, 1.807) is 24.3 Å². The molecule has 1 saturated heterocycles. The van der Waals surface area contributed by atoms with Crippen molar-refractivity contribution in [3.63, 3.8) is 0 Å². The molecule has 1 aliphatic heterocycles. The molecule has 4 nitrogen and oxygen atoms in total. The molecule has 1 fully saturated rings. The van der Waals surface area contributed by atoms with Crippen LogP contribution in [0.5, 0.6) is 5.75 Å². The first kappa shape index (κ1) is 20.1. The van der Waals surface area contributed by atoms with E-state index < -0.39 is 12.0 Å². The first-order valence-corrected chi connectivity index (χ1v) is 10.5. The van der Waals surface area contributed by atoms with Gasteiger partial charge >= 0.3 is 5.97 Å². The van der Waals surface area contributed by atoms with Crippen molar-refractivity contribution in [1.29, 1.82) is 0 Å². The van der Waals surface area contributed by atoms with Gasteiger partial charge in [-0.3, -0.25) is 10.1 Å². The fourth-order valence-electron chi connectivity index (χ4n) is 2.51. The Morgan fingerprint density at radius 2 is 2.04 bits per heavy atom. The highest BCUT2D eigenvalue weighted by Crippen LogP contribution is 2.43. The number of hydrogen-bond donors (Lipinski definition) is 2. The highest BCUT2D eigenvalue weighted by Gasteiger charge is 2.32. The van der Waals surface area contributed by atoms with E-state index in [-0.39, 0.29) is 12.0 Å². The molecule has 3 rings (SSSR count). The van der Waals surface area contributed by atoms with E-state index in [2.05, 4.69) is 21.2 Å². The van der Waals surface area contributed by atoms with Gasteiger partial charge in [0.2, 0.25) is 0 Å². The van der Waals surface area contributed by atoms with Crippen LogP contribution in [0.3, 0.4) is 0 Å². The summed E-state index contributed by atoms with van der Waals surface area (Å²) < 4.78 is 6.70. The van der Waals surface area contributed by atoms with Crippen LogP contribution in [0.1, 0.15) is 16.5 Å². The number of carboxylic acid groups (broad SMARTS) is 1. The van der Waals surface area contributed by atoms with Gasteiger partial charge < -0.3 is 9.84 Å². The Morgan fingerprint density at radius 3 is 2.69 bits per heavy atom. The summed E-state index contributed by atoms with van der Waals surface area (Å²) in [6.07, 6.45) is 0. The lowest BCUT2D eigenvalue weighted by atomic mass is 10.1. The van der Waals surface area contributed by atoms with Crippen molar-refractivity contribution in [1.82, 2.24) is 5.32 Å². The molecule has 9 heteroatoms. The molecule has 0 bridgehead atoms. The lowest BCUT2D eigenvalue weighted by Gasteiger charge is -2.19. The van der Waals surface area contributed by atoms with Crippen molar-refractivity contribution in [3.05, 3.63) is 61.0 Å². The summed E-state index contributed by atoms with van der Waals surface area (Å²) in [6.45, 7) is 0.282. The molecule has 0 radical (unpaired) electrons. The van der Waals surface area contributed by atoms with Crippen LogP contribution in [0.25, 0.3) is 0 Å². The Kier molecular flexibility index (Phi) is 6.64. The zero-order valence-electron chi connectivity index (χ0n) is 13.1. The Labute approximate surface area is 178 Å². The molecule has 2 N–H and O–H groups in total. The van der Waals surface area contributed by atoms with Crippen molar-refractivity contribution in [3.8, 4) is 5.75 Å². The molecule has 2 atom stereocenters. The fraction of sp³-hybridized carbons (Fsp3) is 0.235. The topological polar surface area (TPSA) is 58.6 Å². The molecule has 1 aliphatic rings. The standard InChI is InChI=1S/C17H13BrCl3NO3S/c18-11-5-9(19)4-10(16-22-14(7-26-16)17(23)24)15(11)25-6-8-1-2-12(20)13(21)3-8/h1-5,14,16,22H,6-7H2,(H,23,24). The monoisotopic (exact) mass is 495 g/mol. The van der Waals surface area contributed by atoms with Gasteiger partial charge in [-0.25, -0.2) is 0 Å². The van der Waals surface area contributed by atoms with Crippen LogP contribution in [0.4, 0.5) is 0 Å². The van der Waals surface area contributed by atoms with Gasteiger partial charge in [0.05, 0.1) is 19.9 Å². The molecular formula is C17H13BrCl3NO3S. The molecule has 0 amide bonds. The summed E-state index contributed by atoms with van der Waals surface area (Å²) in [5, 5.41) is 13.5. The summed E-state index contributed by atoms with van der Waals surface area (Å²) in [7, 11) is 0. The second kappa shape index (κ2) is 8.59. The third-order valence-corrected chi connectivity index (χ3v) is 6.56. The predicted octanol–water partition coefficient (Wildman–Crippen LogP) is 5.78. The quantitative estimate of drug-likeness (QED) is 0.549. The van der Waals surface area contributed by atoms with Gasteiger partial charge in [0.1, 0.15) is 18.4 Å². The summed E-state index contributed by atoms with van der Waals surface area (Å²) in [4.78, 5) is 11.2. The fourth-order valence-corrected chi connectivity index (χ4v) is 5.01. The molecule has 26 heavy (non-hydrogen) atoms. The van der Waals surface area contributed by atoms with E-state index in [1.165, 1.54) is 11.8 Å². The van der Waals surface area contributed by atoms with Crippen LogP contribution in [0.15, 0.2) is 34.8 Å². The SMILES string of the molecule is O=C(O)C1CSC(c2cc(Cl)cc(Br)c2OCc2ccc(Cl)c(Cl)c2)N1. The van der Waals surface area contributed by atoms with Gasteiger partial charge in [0, 0.05) is 16.3 Å². The molecule has 2 aromatic rings. The number of ether oxygens (including phenoxy) is 1. The van der Waals surface area contributed by atoms with Crippen LogP contribution in [-0.2, 0) is 11.4 Å². The van der Waals surface area contributed by atoms with Gasteiger partial charge in [0.15, 0.2) is 0 Å². The number of halogens is 4. The van der Waals surface area contributed by atoms with Crippen molar-refractivity contribution >= 4 is 68.5 Å². The maximum Gasteiger partial charge on any atom is 0.321 e. The minimum Gasteiger partial charge on any atom is -0.487 e. The van der Waals surface area contributed by atoms with E-state index in [1.807, 2.05) is 6.07 Å². The van der Waals surface area contributed by atoms with Crippen LogP contribution >= 0.6 is 62.5 Å². The van der Waals surface area contributed by atoms with E-state index in [4.69, 9.17) is 39.5 Å². The second-order valence-corrected chi connectivity index (χ2v) is 8.86. The van der Waals surface area contributed by atoms with Gasteiger partial charge in [-0.05, 0) is 45.8 Å². The average Bonchev–Trinajstić information content (AvgIpc) is 3.06. The first-order valence-electron chi connectivity index (χ1n) is 7.51. The van der Waals surface area contributed by atoms with Crippen LogP contribution in [-0.4, -0.2) is 22.9 Å². The number of carbonyl (C=O) groups is 1. The van der Waals surface area contributed by atoms with Crippen molar-refractivity contribution < 1.29 is 14.6 Å². The summed E-state index contributed by atoms with van der Waals surface area (Å²) in [5.74, 6) is 0.201. The molecule has 0 spiro atoms. The molecule has 2 aromatic carbocycles. The van der Waals surface area contributed by atoms with E-state index in [0.29, 0.717) is 31.0 Å². The zero-order chi connectivity index (χ0) is 18.8. The minimum atomic E-state index is -0.876. The molecule has 0 saturated carbocycles. The molecule has 138 valence electrons. The number of carboxylic acids is 1. The van der Waals surface area contributed by atoms with Gasteiger partial charge in [-0.2, -0.15) is 0 Å². The number of aliphatic carboxylic acids is 1. The minimum absolute atomic E-state index is 0.227. The second-order valence-electron chi connectivity index (χ2n) is 5.61. The van der Waals surface area contributed by atoms with Crippen molar-refractivity contribution in [2.24, 2.45) is 0 Å². The van der Waals surface area contributed by atoms with Gasteiger partial charge in [0.25, 0.3) is 0 Å². The third kappa shape index (κ3) is 4.61. The third-order valence-electron chi connectivity index (χ3n) is 3.77. The van der Waals surface area contributed by atoms with Crippen LogP contribution in [0, 0.1) is 0 Å². The number of nitrogens with one attached hydrogen (secondary N) is 1. The van der Waals surface area contributed by atoms with Gasteiger partial charge in [-0.1, -0.05) is 40.9 Å². The van der Waals surface area contributed by atoms with E-state index >= 15 is 0 Å². The molecule has 2 unspecified atom stereocenters. The summed E-state index contributed by atoms with van der Waals surface area (Å²) in [6, 6.07) is 8.21. The van der Waals surface area contributed by atoms with Crippen molar-refractivity contribution in [2.75, 3.05) is 5.75 Å². The number of benzene rings is 2. The summed E-state index contributed by atoms with van der Waals surface area (Å²) in [5.41, 5.74) is 1.65. The van der Waals surface area contributed by atoms with Gasteiger partial charge in [-0.15, -0.1) is 11.8 Å². The number of rotatable bonds is 5.